The molecule has 4 aromatic rings. The zero-order chi connectivity index (χ0) is 26.4. The van der Waals surface area contributed by atoms with E-state index in [9.17, 15) is 4.79 Å². The van der Waals surface area contributed by atoms with Crippen molar-refractivity contribution in [3.8, 4) is 0 Å². The molecule has 8 nitrogen and oxygen atoms in total. The number of aryl methyl sites for hydroxylation is 1. The van der Waals surface area contributed by atoms with Crippen molar-refractivity contribution in [1.82, 2.24) is 34.8 Å². The van der Waals surface area contributed by atoms with Crippen LogP contribution in [0.3, 0.4) is 0 Å². The first kappa shape index (κ1) is 24.5. The van der Waals surface area contributed by atoms with Crippen LogP contribution in [0.25, 0.3) is 11.0 Å². The molecule has 1 N–H and O–H groups in total. The lowest BCUT2D eigenvalue weighted by atomic mass is 9.70. The molecule has 3 saturated heterocycles. The van der Waals surface area contributed by atoms with E-state index in [1.54, 1.807) is 0 Å². The lowest BCUT2D eigenvalue weighted by Gasteiger charge is -2.45. The molecule has 0 unspecified atom stereocenters. The van der Waals surface area contributed by atoms with Crippen LogP contribution in [0.15, 0.2) is 60.8 Å². The van der Waals surface area contributed by atoms with Crippen molar-refractivity contribution < 1.29 is 4.79 Å². The number of aromatic nitrogens is 5. The normalized spacial score (nSPS) is 24.8. The molecule has 5 heterocycles. The van der Waals surface area contributed by atoms with Gasteiger partial charge in [-0.15, -0.1) is 5.10 Å². The molecule has 8 heteroatoms. The second-order valence-electron chi connectivity index (χ2n) is 11.8. The van der Waals surface area contributed by atoms with E-state index in [1.165, 1.54) is 43.0 Å². The first-order chi connectivity index (χ1) is 19.1. The molecule has 1 amide bonds. The van der Waals surface area contributed by atoms with Crippen LogP contribution < -0.4 is 0 Å². The van der Waals surface area contributed by atoms with Crippen LogP contribution in [0, 0.1) is 6.92 Å². The van der Waals surface area contributed by atoms with Crippen LogP contribution in [-0.4, -0.2) is 72.4 Å². The van der Waals surface area contributed by atoms with Gasteiger partial charge in [0.15, 0.2) is 0 Å². The Bertz CT molecular complexity index is 1420. The summed E-state index contributed by atoms with van der Waals surface area (Å²) in [7, 11) is 0. The third-order valence-corrected chi connectivity index (χ3v) is 9.88. The topological polar surface area (TPSA) is 82.9 Å². The molecule has 3 aliphatic rings. The number of likely N-dealkylation sites (tertiary alicyclic amines) is 1. The number of hydrogen-bond acceptors (Lipinski definition) is 5. The molecule has 2 bridgehead atoms. The number of rotatable bonds is 6. The van der Waals surface area contributed by atoms with Gasteiger partial charge in [0.05, 0.1) is 17.2 Å². The summed E-state index contributed by atoms with van der Waals surface area (Å²) in [5.74, 6) is 1.15. The van der Waals surface area contributed by atoms with Crippen LogP contribution in [0.5, 0.6) is 0 Å². The van der Waals surface area contributed by atoms with E-state index in [2.05, 4.69) is 86.4 Å². The highest BCUT2D eigenvalue weighted by Gasteiger charge is 2.44. The quantitative estimate of drug-likeness (QED) is 0.389. The number of para-hydroxylation sites is 2. The summed E-state index contributed by atoms with van der Waals surface area (Å²) in [6.45, 7) is 4.81. The number of benzene rings is 2. The molecule has 0 aliphatic carbocycles. The van der Waals surface area contributed by atoms with Crippen LogP contribution in [0.2, 0.25) is 0 Å². The number of piperidine rings is 2. The number of amides is 1. The number of aromatic amines is 1. The Morgan fingerprint density at radius 3 is 2.41 bits per heavy atom. The lowest BCUT2D eigenvalue weighted by Crippen LogP contribution is -2.49. The fourth-order valence-corrected chi connectivity index (χ4v) is 7.87. The average Bonchev–Trinajstić information content (AvgIpc) is 3.68. The minimum atomic E-state index is 0.00379. The first-order valence-electron chi connectivity index (χ1n) is 14.5. The Balaban J connectivity index is 1.07. The van der Waals surface area contributed by atoms with Crippen molar-refractivity contribution in [3.05, 3.63) is 77.9 Å². The van der Waals surface area contributed by atoms with Gasteiger partial charge in [0.25, 0.3) is 5.91 Å². The standard InChI is InChI=1S/C31H37N7O/c1-22-33-27-9-5-6-10-29(27)38(22)26-19-24-11-12-25(20-26)37(24)18-15-31(23-7-3-2-4-8-23)13-16-36(17-14-31)30(39)28-21-32-35-34-28/h2-10,21,24-26H,11-20H2,1H3,(H,32,34,35)/t24-,25+,26+. The summed E-state index contributed by atoms with van der Waals surface area (Å²) in [6, 6.07) is 21.4. The van der Waals surface area contributed by atoms with E-state index < -0.39 is 0 Å². The maximum absolute atomic E-state index is 12.9. The summed E-state index contributed by atoms with van der Waals surface area (Å²) < 4.78 is 2.52. The van der Waals surface area contributed by atoms with Gasteiger partial charge in [-0.1, -0.05) is 47.7 Å². The van der Waals surface area contributed by atoms with Gasteiger partial charge in [-0.3, -0.25) is 14.8 Å². The molecular weight excluding hydrogens is 486 g/mol. The van der Waals surface area contributed by atoms with Crippen molar-refractivity contribution in [3.63, 3.8) is 0 Å². The molecule has 0 spiro atoms. The van der Waals surface area contributed by atoms with Crippen molar-refractivity contribution in [2.75, 3.05) is 19.6 Å². The number of H-pyrrole nitrogens is 1. The van der Waals surface area contributed by atoms with E-state index >= 15 is 0 Å². The summed E-state index contributed by atoms with van der Waals surface area (Å²) in [4.78, 5) is 22.6. The second-order valence-corrected chi connectivity index (χ2v) is 11.8. The van der Waals surface area contributed by atoms with Gasteiger partial charge < -0.3 is 9.47 Å². The van der Waals surface area contributed by atoms with Crippen molar-refractivity contribution >= 4 is 16.9 Å². The zero-order valence-electron chi connectivity index (χ0n) is 22.7. The highest BCUT2D eigenvalue weighted by molar-refractivity contribution is 5.92. The third kappa shape index (κ3) is 4.35. The van der Waals surface area contributed by atoms with Gasteiger partial charge in [-0.2, -0.15) is 0 Å². The van der Waals surface area contributed by atoms with Gasteiger partial charge >= 0.3 is 0 Å². The lowest BCUT2D eigenvalue weighted by molar-refractivity contribution is 0.0602. The highest BCUT2D eigenvalue weighted by Crippen LogP contribution is 2.45. The van der Waals surface area contributed by atoms with Gasteiger partial charge in [0.1, 0.15) is 11.5 Å². The number of fused-ring (bicyclic) bond motifs is 3. The molecule has 3 fully saturated rings. The van der Waals surface area contributed by atoms with E-state index in [1.807, 2.05) is 4.90 Å². The van der Waals surface area contributed by atoms with E-state index in [0.717, 1.165) is 50.2 Å². The molecule has 0 radical (unpaired) electrons. The minimum absolute atomic E-state index is 0.00379. The van der Waals surface area contributed by atoms with Crippen LogP contribution in [0.1, 0.15) is 72.9 Å². The largest absolute Gasteiger partial charge is 0.337 e. The van der Waals surface area contributed by atoms with Gasteiger partial charge in [0.2, 0.25) is 0 Å². The number of carbonyl (C=O) groups excluding carboxylic acids is 1. The number of nitrogens with zero attached hydrogens (tertiary/aromatic N) is 6. The van der Waals surface area contributed by atoms with Crippen molar-refractivity contribution in [2.24, 2.45) is 0 Å². The molecule has 3 atom stereocenters. The van der Waals surface area contributed by atoms with Crippen molar-refractivity contribution in [2.45, 2.75) is 75.4 Å². The predicted octanol–water partition coefficient (Wildman–Crippen LogP) is 4.90. The second kappa shape index (κ2) is 9.90. The number of carbonyl (C=O) groups is 1. The molecule has 202 valence electrons. The molecule has 3 aliphatic heterocycles. The average molecular weight is 524 g/mol. The molecule has 2 aromatic carbocycles. The fraction of sp³-hybridized carbons (Fsp3) is 0.484. The van der Waals surface area contributed by atoms with Crippen LogP contribution in [0.4, 0.5) is 0 Å². The molecule has 7 rings (SSSR count). The fourth-order valence-electron chi connectivity index (χ4n) is 7.87. The van der Waals surface area contributed by atoms with E-state index in [0.29, 0.717) is 23.8 Å². The number of nitrogens with one attached hydrogen (secondary N) is 1. The highest BCUT2D eigenvalue weighted by atomic mass is 16.2. The predicted molar refractivity (Wildman–Crippen MR) is 151 cm³/mol. The number of imidazole rings is 1. The Kier molecular flexibility index (Phi) is 6.22. The SMILES string of the molecule is Cc1nc2ccccc2n1[C@H]1C[C@H]2CC[C@@H](C1)N2CCC1(c2ccccc2)CCN(C(=O)c2cnn[nH]2)CC1. The van der Waals surface area contributed by atoms with Crippen LogP contribution >= 0.6 is 0 Å². The Labute approximate surface area is 229 Å². The number of hydrogen-bond donors (Lipinski definition) is 1. The van der Waals surface area contributed by atoms with E-state index in [4.69, 9.17) is 4.98 Å². The van der Waals surface area contributed by atoms with E-state index in [-0.39, 0.29) is 11.3 Å². The van der Waals surface area contributed by atoms with Gasteiger partial charge in [-0.25, -0.2) is 4.98 Å². The summed E-state index contributed by atoms with van der Waals surface area (Å²) >= 11 is 0. The maximum Gasteiger partial charge on any atom is 0.273 e. The van der Waals surface area contributed by atoms with Gasteiger partial charge in [-0.05, 0) is 81.5 Å². The molecular formula is C31H37N7O. The Morgan fingerprint density at radius 1 is 0.974 bits per heavy atom. The van der Waals surface area contributed by atoms with Gasteiger partial charge in [0, 0.05) is 31.2 Å². The summed E-state index contributed by atoms with van der Waals surface area (Å²) in [5.41, 5.74) is 4.38. The summed E-state index contributed by atoms with van der Waals surface area (Å²) in [5, 5.41) is 10.3. The first-order valence-corrected chi connectivity index (χ1v) is 14.5. The smallest absolute Gasteiger partial charge is 0.273 e. The third-order valence-electron chi connectivity index (χ3n) is 9.88. The monoisotopic (exact) mass is 523 g/mol. The van der Waals surface area contributed by atoms with Crippen molar-refractivity contribution in [1.29, 1.82) is 0 Å². The molecule has 2 aromatic heterocycles. The van der Waals surface area contributed by atoms with Crippen LogP contribution in [-0.2, 0) is 5.41 Å². The zero-order valence-corrected chi connectivity index (χ0v) is 22.7. The Morgan fingerprint density at radius 2 is 1.69 bits per heavy atom. The minimum Gasteiger partial charge on any atom is -0.337 e. The maximum atomic E-state index is 12.9. The summed E-state index contributed by atoms with van der Waals surface area (Å²) in [6.07, 6.45) is 9.63. The molecule has 0 saturated carbocycles. The Hall–Kier alpha value is -3.52. The molecule has 39 heavy (non-hydrogen) atoms.